The fraction of sp³-hybridized carbons (Fsp3) is 0.348. The molecule has 172 valence electrons. The van der Waals surface area contributed by atoms with Crippen LogP contribution >= 0.6 is 24.0 Å². The topological polar surface area (TPSA) is 95.1 Å². The van der Waals surface area contributed by atoms with Crippen molar-refractivity contribution in [2.45, 2.75) is 32.9 Å². The first kappa shape index (κ1) is 25.4. The zero-order chi connectivity index (χ0) is 22.1. The number of methoxy groups -OCH3 is 1. The zero-order valence-electron chi connectivity index (χ0n) is 18.4. The highest BCUT2D eigenvalue weighted by Crippen LogP contribution is 2.21. The van der Waals surface area contributed by atoms with E-state index in [4.69, 9.17) is 0 Å². The second-order valence-corrected chi connectivity index (χ2v) is 7.18. The van der Waals surface area contributed by atoms with E-state index >= 15 is 0 Å². The summed E-state index contributed by atoms with van der Waals surface area (Å²) in [6.45, 7) is 4.70. The number of rotatable bonds is 7. The van der Waals surface area contributed by atoms with Crippen LogP contribution < -0.4 is 20.9 Å². The minimum Gasteiger partial charge on any atom is -0.453 e. The Hall–Kier alpha value is -2.82. The molecule has 0 saturated carbocycles. The summed E-state index contributed by atoms with van der Waals surface area (Å²) in [4.78, 5) is 29.6. The Morgan fingerprint density at radius 1 is 1.06 bits per heavy atom. The van der Waals surface area contributed by atoms with E-state index < -0.39 is 6.09 Å². The van der Waals surface area contributed by atoms with Crippen LogP contribution in [-0.4, -0.2) is 38.2 Å². The van der Waals surface area contributed by atoms with Gasteiger partial charge in [-0.25, -0.2) is 9.79 Å². The number of guanidine groups is 1. The summed E-state index contributed by atoms with van der Waals surface area (Å²) in [6, 6.07) is 15.5. The molecule has 1 fully saturated rings. The summed E-state index contributed by atoms with van der Waals surface area (Å²) >= 11 is 0. The fourth-order valence-corrected chi connectivity index (χ4v) is 3.28. The lowest BCUT2D eigenvalue weighted by Crippen LogP contribution is -2.36. The number of halogens is 1. The largest absolute Gasteiger partial charge is 0.453 e. The molecule has 0 bridgehead atoms. The Labute approximate surface area is 205 Å². The van der Waals surface area contributed by atoms with Crippen LogP contribution in [0.2, 0.25) is 0 Å². The molecule has 0 spiro atoms. The maximum absolute atomic E-state index is 11.9. The highest BCUT2D eigenvalue weighted by atomic mass is 127. The van der Waals surface area contributed by atoms with Crippen LogP contribution in [0.5, 0.6) is 0 Å². The predicted octanol–water partition coefficient (Wildman–Crippen LogP) is 3.87. The van der Waals surface area contributed by atoms with Gasteiger partial charge in [-0.15, -0.1) is 24.0 Å². The van der Waals surface area contributed by atoms with Gasteiger partial charge in [0.05, 0.1) is 13.7 Å². The Morgan fingerprint density at radius 2 is 1.75 bits per heavy atom. The van der Waals surface area contributed by atoms with Crippen LogP contribution in [0.3, 0.4) is 0 Å². The number of anilines is 2. The molecule has 8 nitrogen and oxygen atoms in total. The second kappa shape index (κ2) is 12.9. The summed E-state index contributed by atoms with van der Waals surface area (Å²) in [7, 11) is 1.33. The third kappa shape index (κ3) is 7.40. The van der Waals surface area contributed by atoms with Gasteiger partial charge in [0.2, 0.25) is 5.91 Å². The van der Waals surface area contributed by atoms with E-state index in [-0.39, 0.29) is 29.9 Å². The van der Waals surface area contributed by atoms with Crippen molar-refractivity contribution in [2.75, 3.05) is 30.4 Å². The third-order valence-electron chi connectivity index (χ3n) is 4.93. The summed E-state index contributed by atoms with van der Waals surface area (Å²) in [5.74, 6) is 0.913. The molecule has 0 radical (unpaired) electrons. The van der Waals surface area contributed by atoms with E-state index in [2.05, 4.69) is 25.7 Å². The molecular weight excluding hydrogens is 521 g/mol. The third-order valence-corrected chi connectivity index (χ3v) is 4.93. The lowest BCUT2D eigenvalue weighted by Gasteiger charge is -2.16. The Morgan fingerprint density at radius 3 is 2.34 bits per heavy atom. The molecule has 2 amide bonds. The summed E-state index contributed by atoms with van der Waals surface area (Å²) in [5, 5.41) is 9.18. The molecule has 0 aromatic heterocycles. The average Bonchev–Trinajstić information content (AvgIpc) is 3.22. The molecule has 0 aliphatic carbocycles. The Balaban J connectivity index is 0.00000363. The first-order chi connectivity index (χ1) is 15.1. The van der Waals surface area contributed by atoms with Crippen molar-refractivity contribution in [3.63, 3.8) is 0 Å². The van der Waals surface area contributed by atoms with E-state index in [1.807, 2.05) is 60.4 Å². The number of nitrogens with zero attached hydrogens (tertiary/aromatic N) is 2. The summed E-state index contributed by atoms with van der Waals surface area (Å²) in [6.07, 6.45) is 1.06. The number of amides is 2. The van der Waals surface area contributed by atoms with Gasteiger partial charge in [-0.3, -0.25) is 10.1 Å². The molecule has 2 aromatic rings. The number of nitrogens with one attached hydrogen (secondary N) is 3. The molecule has 1 aliphatic rings. The summed E-state index contributed by atoms with van der Waals surface area (Å²) in [5.41, 5.74) is 3.76. The maximum Gasteiger partial charge on any atom is 0.411 e. The van der Waals surface area contributed by atoms with Crippen LogP contribution in [-0.2, 0) is 22.6 Å². The summed E-state index contributed by atoms with van der Waals surface area (Å²) < 4.78 is 4.59. The van der Waals surface area contributed by atoms with E-state index in [1.165, 1.54) is 7.11 Å². The van der Waals surface area contributed by atoms with E-state index in [9.17, 15) is 9.59 Å². The minimum atomic E-state index is -0.493. The van der Waals surface area contributed by atoms with Crippen LogP contribution in [0, 0.1) is 0 Å². The molecule has 2 aromatic carbocycles. The number of hydrogen-bond donors (Lipinski definition) is 3. The van der Waals surface area contributed by atoms with Gasteiger partial charge in [-0.05, 0) is 48.7 Å². The molecule has 3 rings (SSSR count). The molecule has 0 unspecified atom stereocenters. The Kier molecular flexibility index (Phi) is 10.3. The van der Waals surface area contributed by atoms with Crippen molar-refractivity contribution in [1.82, 2.24) is 10.6 Å². The first-order valence-corrected chi connectivity index (χ1v) is 10.4. The van der Waals surface area contributed by atoms with Crippen molar-refractivity contribution in [1.29, 1.82) is 0 Å². The molecule has 1 aliphatic heterocycles. The molecule has 1 heterocycles. The van der Waals surface area contributed by atoms with Crippen molar-refractivity contribution in [3.05, 3.63) is 59.7 Å². The smallest absolute Gasteiger partial charge is 0.411 e. The highest BCUT2D eigenvalue weighted by Gasteiger charge is 2.21. The molecule has 1 saturated heterocycles. The number of carbonyl (C=O) groups excluding carboxylic acids is 2. The average molecular weight is 551 g/mol. The number of carbonyl (C=O) groups is 2. The van der Waals surface area contributed by atoms with Gasteiger partial charge >= 0.3 is 6.09 Å². The SMILES string of the molecule is CCNC(=NCc1ccc(N2CCCC2=O)cc1)NCc1ccc(NC(=O)OC)cc1.I. The first-order valence-electron chi connectivity index (χ1n) is 10.4. The minimum absolute atomic E-state index is 0. The monoisotopic (exact) mass is 551 g/mol. The van der Waals surface area contributed by atoms with Gasteiger partial charge in [0.25, 0.3) is 0 Å². The maximum atomic E-state index is 11.9. The van der Waals surface area contributed by atoms with Gasteiger partial charge in [0.1, 0.15) is 0 Å². The molecule has 0 atom stereocenters. The van der Waals surface area contributed by atoms with Crippen LogP contribution in [0.15, 0.2) is 53.5 Å². The van der Waals surface area contributed by atoms with Crippen molar-refractivity contribution in [2.24, 2.45) is 4.99 Å². The fourth-order valence-electron chi connectivity index (χ4n) is 3.28. The quantitative estimate of drug-likeness (QED) is 0.276. The van der Waals surface area contributed by atoms with E-state index in [0.29, 0.717) is 25.2 Å². The lowest BCUT2D eigenvalue weighted by molar-refractivity contribution is -0.117. The molecule has 3 N–H and O–H groups in total. The second-order valence-electron chi connectivity index (χ2n) is 7.18. The van der Waals surface area contributed by atoms with Gasteiger partial charge in [-0.1, -0.05) is 24.3 Å². The van der Waals surface area contributed by atoms with E-state index in [1.54, 1.807) is 0 Å². The van der Waals surface area contributed by atoms with Crippen molar-refractivity contribution in [3.8, 4) is 0 Å². The zero-order valence-corrected chi connectivity index (χ0v) is 20.7. The van der Waals surface area contributed by atoms with Crippen LogP contribution in [0.1, 0.15) is 30.9 Å². The van der Waals surface area contributed by atoms with Crippen molar-refractivity contribution >= 4 is 53.3 Å². The Bertz CT molecular complexity index is 916. The van der Waals surface area contributed by atoms with Gasteiger partial charge in [0, 0.05) is 37.4 Å². The number of ether oxygens (including phenoxy) is 1. The standard InChI is InChI=1S/C23H29N5O3.HI/c1-3-24-22(25-15-17-6-10-19(11-7-17)27-23(30)31-2)26-16-18-8-12-20(13-9-18)28-14-4-5-21(28)29;/h6-13H,3-5,14-16H2,1-2H3,(H,27,30)(H2,24,25,26);1H. The van der Waals surface area contributed by atoms with Gasteiger partial charge in [0.15, 0.2) is 5.96 Å². The number of aliphatic imine (C=N–C) groups is 1. The number of benzene rings is 2. The molecular formula is C23H30IN5O3. The lowest BCUT2D eigenvalue weighted by atomic mass is 10.2. The van der Waals surface area contributed by atoms with Crippen molar-refractivity contribution < 1.29 is 14.3 Å². The van der Waals surface area contributed by atoms with E-state index in [0.717, 1.165) is 42.3 Å². The molecule has 9 heteroatoms. The van der Waals surface area contributed by atoms with Gasteiger partial charge < -0.3 is 20.3 Å². The number of hydrogen-bond acceptors (Lipinski definition) is 4. The molecule has 32 heavy (non-hydrogen) atoms. The van der Waals surface area contributed by atoms with Gasteiger partial charge in [-0.2, -0.15) is 0 Å². The van der Waals surface area contributed by atoms with Crippen LogP contribution in [0.4, 0.5) is 16.2 Å². The highest BCUT2D eigenvalue weighted by molar-refractivity contribution is 14.0. The van der Waals surface area contributed by atoms with Crippen LogP contribution in [0.25, 0.3) is 0 Å². The predicted molar refractivity (Wildman–Crippen MR) is 138 cm³/mol. The normalized spacial score (nSPS) is 13.4.